The van der Waals surface area contributed by atoms with E-state index in [0.717, 1.165) is 19.3 Å². The highest BCUT2D eigenvalue weighted by Crippen LogP contribution is 2.36. The number of carbonyl (C=O) groups is 1. The van der Waals surface area contributed by atoms with Gasteiger partial charge in [0.1, 0.15) is 0 Å². The van der Waals surface area contributed by atoms with Crippen molar-refractivity contribution in [1.82, 2.24) is 9.38 Å². The minimum atomic E-state index is -2.97. The van der Waals surface area contributed by atoms with E-state index in [0.29, 0.717) is 23.0 Å². The molecule has 0 unspecified atom stereocenters. The normalized spacial score (nSPS) is 14.6. The minimum absolute atomic E-state index is 0.0365. The number of nitrogens with zero attached hydrogens (tertiary/aromatic N) is 2. The highest BCUT2D eigenvalue weighted by atomic mass is 32.1. The van der Waals surface area contributed by atoms with Crippen molar-refractivity contribution in [3.05, 3.63) is 46.7 Å². The number of benzene rings is 1. The summed E-state index contributed by atoms with van der Waals surface area (Å²) >= 11 is 1.32. The molecule has 3 aromatic rings. The number of ether oxygens (including phenoxy) is 2. The summed E-state index contributed by atoms with van der Waals surface area (Å²) in [6.07, 6.45) is 8.03. The van der Waals surface area contributed by atoms with Gasteiger partial charge in [0.25, 0.3) is 0 Å². The molecule has 29 heavy (non-hydrogen) atoms. The van der Waals surface area contributed by atoms with Crippen molar-refractivity contribution in [2.24, 2.45) is 5.92 Å². The molecule has 6 nitrogen and oxygen atoms in total. The van der Waals surface area contributed by atoms with E-state index in [1.54, 1.807) is 35.9 Å². The summed E-state index contributed by atoms with van der Waals surface area (Å²) in [5.41, 5.74) is 0.819. The van der Waals surface area contributed by atoms with Crippen LogP contribution in [0.2, 0.25) is 0 Å². The zero-order chi connectivity index (χ0) is 20.4. The SMILES string of the molecule is O=C(O)c1c(/C=C/c2cccc(OC(F)F)c2OCC2CCC2)nc2sccn12. The predicted octanol–water partition coefficient (Wildman–Crippen LogP) is 5.04. The van der Waals surface area contributed by atoms with Gasteiger partial charge in [0.05, 0.1) is 12.3 Å². The Bertz CT molecular complexity index is 1060. The third-order valence-corrected chi connectivity index (χ3v) is 5.58. The highest BCUT2D eigenvalue weighted by Gasteiger charge is 2.21. The van der Waals surface area contributed by atoms with E-state index in [9.17, 15) is 18.7 Å². The van der Waals surface area contributed by atoms with Crippen LogP contribution < -0.4 is 9.47 Å². The molecule has 0 aliphatic heterocycles. The first-order chi connectivity index (χ1) is 14.0. The molecule has 1 aromatic carbocycles. The average Bonchev–Trinajstić information content (AvgIpc) is 3.19. The van der Waals surface area contributed by atoms with Crippen LogP contribution in [0, 0.1) is 5.92 Å². The van der Waals surface area contributed by atoms with E-state index in [1.807, 2.05) is 0 Å². The van der Waals surface area contributed by atoms with Crippen molar-refractivity contribution >= 4 is 34.4 Å². The Morgan fingerprint density at radius 2 is 2.21 bits per heavy atom. The lowest BCUT2D eigenvalue weighted by Crippen LogP contribution is -2.20. The first kappa shape index (κ1) is 19.4. The Hall–Kier alpha value is -2.94. The van der Waals surface area contributed by atoms with Crippen molar-refractivity contribution in [2.45, 2.75) is 25.9 Å². The number of para-hydroxylation sites is 1. The third kappa shape index (κ3) is 4.09. The van der Waals surface area contributed by atoms with Gasteiger partial charge >= 0.3 is 12.6 Å². The lowest BCUT2D eigenvalue weighted by Gasteiger charge is -2.26. The van der Waals surface area contributed by atoms with Gasteiger partial charge in [-0.05, 0) is 37.0 Å². The molecule has 9 heteroatoms. The van der Waals surface area contributed by atoms with Crippen LogP contribution >= 0.6 is 11.3 Å². The minimum Gasteiger partial charge on any atom is -0.489 e. The van der Waals surface area contributed by atoms with Crippen molar-refractivity contribution in [3.63, 3.8) is 0 Å². The van der Waals surface area contributed by atoms with Crippen LogP contribution in [0.3, 0.4) is 0 Å². The molecule has 0 radical (unpaired) electrons. The predicted molar refractivity (Wildman–Crippen MR) is 105 cm³/mol. The summed E-state index contributed by atoms with van der Waals surface area (Å²) in [7, 11) is 0. The first-order valence-electron chi connectivity index (χ1n) is 9.10. The number of aromatic carboxylic acids is 1. The Kier molecular flexibility index (Phi) is 5.48. The van der Waals surface area contributed by atoms with Gasteiger partial charge in [-0.15, -0.1) is 11.3 Å². The molecule has 0 saturated heterocycles. The van der Waals surface area contributed by atoms with Crippen LogP contribution in [-0.2, 0) is 0 Å². The fourth-order valence-corrected chi connectivity index (χ4v) is 3.89. The summed E-state index contributed by atoms with van der Waals surface area (Å²) in [6, 6.07) is 4.70. The molecule has 1 saturated carbocycles. The quantitative estimate of drug-likeness (QED) is 0.552. The average molecular weight is 420 g/mol. The molecule has 4 rings (SSSR count). The molecule has 0 atom stereocenters. The van der Waals surface area contributed by atoms with Crippen molar-refractivity contribution in [3.8, 4) is 11.5 Å². The van der Waals surface area contributed by atoms with Gasteiger partial charge in [-0.25, -0.2) is 9.78 Å². The number of halogens is 2. The number of aromatic nitrogens is 2. The molecule has 1 aliphatic carbocycles. The largest absolute Gasteiger partial charge is 0.489 e. The Morgan fingerprint density at radius 1 is 1.38 bits per heavy atom. The lowest BCUT2D eigenvalue weighted by atomic mass is 9.86. The van der Waals surface area contributed by atoms with E-state index in [1.165, 1.54) is 21.8 Å². The van der Waals surface area contributed by atoms with Gasteiger partial charge in [0.2, 0.25) is 0 Å². The van der Waals surface area contributed by atoms with Gasteiger partial charge in [0.15, 0.2) is 22.2 Å². The van der Waals surface area contributed by atoms with E-state index in [-0.39, 0.29) is 22.9 Å². The molecule has 1 fully saturated rings. The van der Waals surface area contributed by atoms with Gasteiger partial charge in [-0.3, -0.25) is 4.40 Å². The third-order valence-electron chi connectivity index (χ3n) is 4.83. The van der Waals surface area contributed by atoms with Crippen LogP contribution in [0.15, 0.2) is 29.8 Å². The number of carboxylic acid groups (broad SMARTS) is 1. The van der Waals surface area contributed by atoms with E-state index >= 15 is 0 Å². The maximum atomic E-state index is 12.8. The van der Waals surface area contributed by atoms with Gasteiger partial charge in [0, 0.05) is 17.1 Å². The monoisotopic (exact) mass is 420 g/mol. The first-order valence-corrected chi connectivity index (χ1v) is 9.98. The molecule has 1 N–H and O–H groups in total. The smallest absolute Gasteiger partial charge is 0.387 e. The second-order valence-corrected chi connectivity index (χ2v) is 7.57. The number of thiazole rings is 1. The number of imidazole rings is 1. The number of hydrogen-bond acceptors (Lipinski definition) is 5. The summed E-state index contributed by atoms with van der Waals surface area (Å²) in [5, 5.41) is 11.3. The van der Waals surface area contributed by atoms with E-state index < -0.39 is 12.6 Å². The Balaban J connectivity index is 1.67. The van der Waals surface area contributed by atoms with Gasteiger partial charge < -0.3 is 14.6 Å². The number of rotatable bonds is 8. The van der Waals surface area contributed by atoms with Crippen LogP contribution in [0.5, 0.6) is 11.5 Å². The molecule has 0 amide bonds. The second-order valence-electron chi connectivity index (χ2n) is 6.70. The molecule has 2 heterocycles. The molecule has 0 spiro atoms. The topological polar surface area (TPSA) is 73.1 Å². The molecule has 0 bridgehead atoms. The van der Waals surface area contributed by atoms with Crippen LogP contribution in [-0.4, -0.2) is 33.7 Å². The molecule has 2 aromatic heterocycles. The maximum Gasteiger partial charge on any atom is 0.387 e. The van der Waals surface area contributed by atoms with Gasteiger partial charge in [-0.1, -0.05) is 18.6 Å². The zero-order valence-corrected chi connectivity index (χ0v) is 16.1. The van der Waals surface area contributed by atoms with Gasteiger partial charge in [-0.2, -0.15) is 8.78 Å². The Morgan fingerprint density at radius 3 is 2.90 bits per heavy atom. The summed E-state index contributed by atoms with van der Waals surface area (Å²) in [4.78, 5) is 16.5. The summed E-state index contributed by atoms with van der Waals surface area (Å²) < 4.78 is 37.6. The summed E-state index contributed by atoms with van der Waals surface area (Å²) in [5.74, 6) is -0.531. The Labute approximate surface area is 169 Å². The number of carboxylic acids is 1. The van der Waals surface area contributed by atoms with Crippen molar-refractivity contribution in [2.75, 3.05) is 6.61 Å². The van der Waals surface area contributed by atoms with Crippen LogP contribution in [0.1, 0.15) is 41.0 Å². The zero-order valence-electron chi connectivity index (χ0n) is 15.3. The number of hydrogen-bond donors (Lipinski definition) is 1. The second kappa shape index (κ2) is 8.20. The fourth-order valence-electron chi connectivity index (χ4n) is 3.17. The van der Waals surface area contributed by atoms with Crippen molar-refractivity contribution < 1.29 is 28.2 Å². The number of alkyl halides is 2. The number of fused-ring (bicyclic) bond motifs is 1. The molecule has 152 valence electrons. The molecular weight excluding hydrogens is 402 g/mol. The summed E-state index contributed by atoms with van der Waals surface area (Å²) in [6.45, 7) is -2.55. The van der Waals surface area contributed by atoms with Crippen molar-refractivity contribution in [1.29, 1.82) is 0 Å². The lowest BCUT2D eigenvalue weighted by molar-refractivity contribution is -0.0517. The van der Waals surface area contributed by atoms with E-state index in [2.05, 4.69) is 9.72 Å². The highest BCUT2D eigenvalue weighted by molar-refractivity contribution is 7.15. The standard InChI is InChI=1S/C20H18F2N2O4S/c21-19(22)28-15-6-2-5-13(17(15)27-11-12-3-1-4-12)7-8-14-16(18(25)26)24-9-10-29-20(24)23-14/h2,5-10,12,19H,1,3-4,11H2,(H,25,26)/b8-7+. The van der Waals surface area contributed by atoms with E-state index in [4.69, 9.17) is 4.74 Å². The maximum absolute atomic E-state index is 12.8. The molecule has 1 aliphatic rings. The fraction of sp³-hybridized carbons (Fsp3) is 0.300. The van der Waals surface area contributed by atoms with Crippen LogP contribution in [0.25, 0.3) is 17.1 Å². The molecular formula is C20H18F2N2O4S. The van der Waals surface area contributed by atoms with Crippen LogP contribution in [0.4, 0.5) is 8.78 Å².